The number of hydrogen-bond acceptors (Lipinski definition) is 5. The van der Waals surface area contributed by atoms with Crippen molar-refractivity contribution in [2.45, 2.75) is 149 Å². The first kappa shape index (κ1) is 36.5. The lowest BCUT2D eigenvalue weighted by molar-refractivity contribution is 0.0127. The molecule has 8 heteroatoms. The van der Waals surface area contributed by atoms with Crippen LogP contribution in [0, 0.1) is 0 Å². The molecule has 0 saturated carbocycles. The molecule has 5 nitrogen and oxygen atoms in total. The largest absolute Gasteiger partial charge is 0.413 e. The molecule has 0 heterocycles. The summed E-state index contributed by atoms with van der Waals surface area (Å²) < 4.78 is 32.2. The van der Waals surface area contributed by atoms with E-state index in [0.29, 0.717) is 53.1 Å². The van der Waals surface area contributed by atoms with Crippen molar-refractivity contribution >= 4 is 25.9 Å². The minimum atomic E-state index is -2.05. The van der Waals surface area contributed by atoms with E-state index in [1.165, 1.54) is 0 Å². The predicted octanol–water partition coefficient (Wildman–Crippen LogP) is 8.44. The molecule has 1 atom stereocenters. The predicted molar refractivity (Wildman–Crippen MR) is 164 cm³/mol. The number of rotatable bonds is 21. The van der Waals surface area contributed by atoms with E-state index in [1.54, 1.807) is 0 Å². The zero-order valence-electron chi connectivity index (χ0n) is 26.6. The Morgan fingerprint density at radius 2 is 1.00 bits per heavy atom. The van der Waals surface area contributed by atoms with Gasteiger partial charge in [-0.25, -0.2) is 0 Å². The van der Waals surface area contributed by atoms with Crippen molar-refractivity contribution in [1.29, 1.82) is 0 Å². The molecule has 0 aromatic carbocycles. The average molecular weight is 565 g/mol. The Kier molecular flexibility index (Phi) is 18.1. The van der Waals surface area contributed by atoms with E-state index in [-0.39, 0.29) is 6.10 Å². The summed E-state index contributed by atoms with van der Waals surface area (Å²) in [5, 5.41) is 0. The molecule has 0 spiro atoms. The van der Waals surface area contributed by atoms with Gasteiger partial charge in [-0.2, -0.15) is 0 Å². The quantitative estimate of drug-likeness (QED) is 0.103. The van der Waals surface area contributed by atoms with Gasteiger partial charge in [0.1, 0.15) is 0 Å². The van der Waals surface area contributed by atoms with Crippen LogP contribution in [0.5, 0.6) is 0 Å². The highest BCUT2D eigenvalue weighted by Crippen LogP contribution is 2.45. The molecule has 1 unspecified atom stereocenters. The molecule has 0 fully saturated rings. The van der Waals surface area contributed by atoms with Crippen LogP contribution in [0.4, 0.5) is 0 Å². The van der Waals surface area contributed by atoms with E-state index in [2.05, 4.69) is 83.1 Å². The van der Waals surface area contributed by atoms with Gasteiger partial charge in [-0.3, -0.25) is 0 Å². The molecule has 0 bridgehead atoms. The number of hydrogen-bond donors (Lipinski definition) is 0. The molecule has 0 aromatic rings. The first-order chi connectivity index (χ1) is 16.7. The fourth-order valence-corrected chi connectivity index (χ4v) is 19.4. The van der Waals surface area contributed by atoms with Crippen molar-refractivity contribution in [2.75, 3.05) is 33.0 Å². The summed E-state index contributed by atoms with van der Waals surface area (Å²) in [5.41, 5.74) is 3.27. The molecular formula is C28H64O5Si3. The summed E-state index contributed by atoms with van der Waals surface area (Å²) in [6.07, 6.45) is 0.938. The summed E-state index contributed by atoms with van der Waals surface area (Å²) in [7, 11) is -5.61. The van der Waals surface area contributed by atoms with Gasteiger partial charge in [-0.05, 0) is 59.6 Å². The lowest BCUT2D eigenvalue weighted by atomic mass is 10.4. The maximum absolute atomic E-state index is 7.23. The van der Waals surface area contributed by atoms with E-state index in [9.17, 15) is 0 Å². The first-order valence-corrected chi connectivity index (χ1v) is 20.9. The molecule has 36 heavy (non-hydrogen) atoms. The van der Waals surface area contributed by atoms with E-state index in [1.807, 2.05) is 13.8 Å². The zero-order valence-corrected chi connectivity index (χ0v) is 29.8. The van der Waals surface area contributed by atoms with Crippen LogP contribution in [-0.2, 0) is 22.4 Å². The molecule has 0 N–H and O–H groups in total. The standard InChI is InChI=1S/C28H64O5Si3/c1-15-30-34(31-16-2)19-17-18-29-20-28(33-36(25(9)10,26(11)12)27(13)14)21-32-35(22(3)4,23(5)6)24(7)8/h22-28,34H,15-21H2,1-14H3. The van der Waals surface area contributed by atoms with Crippen molar-refractivity contribution in [3.8, 4) is 0 Å². The van der Waals surface area contributed by atoms with Gasteiger partial charge in [-0.1, -0.05) is 83.1 Å². The van der Waals surface area contributed by atoms with Crippen LogP contribution in [0.3, 0.4) is 0 Å². The molecule has 0 aliphatic heterocycles. The van der Waals surface area contributed by atoms with Gasteiger partial charge in [0.2, 0.25) is 8.32 Å². The Hall–Kier alpha value is 0.451. The Morgan fingerprint density at radius 1 is 0.583 bits per heavy atom. The van der Waals surface area contributed by atoms with Crippen LogP contribution in [0.1, 0.15) is 103 Å². The molecule has 0 amide bonds. The van der Waals surface area contributed by atoms with E-state index in [0.717, 1.165) is 25.7 Å². The molecule has 0 rings (SSSR count). The summed E-state index contributed by atoms with van der Waals surface area (Å²) in [5.74, 6) is 0. The third-order valence-corrected chi connectivity index (χ3v) is 22.6. The van der Waals surface area contributed by atoms with Gasteiger partial charge < -0.3 is 22.4 Å². The molecule has 0 radical (unpaired) electrons. The van der Waals surface area contributed by atoms with Crippen LogP contribution < -0.4 is 0 Å². The van der Waals surface area contributed by atoms with Crippen LogP contribution in [0.15, 0.2) is 0 Å². The van der Waals surface area contributed by atoms with E-state index < -0.39 is 25.9 Å². The fraction of sp³-hybridized carbons (Fsp3) is 1.00. The van der Waals surface area contributed by atoms with E-state index >= 15 is 0 Å². The third kappa shape index (κ3) is 10.2. The van der Waals surface area contributed by atoms with Gasteiger partial charge >= 0.3 is 9.28 Å². The topological polar surface area (TPSA) is 46.2 Å². The molecule has 218 valence electrons. The second-order valence-electron chi connectivity index (χ2n) is 12.2. The highest BCUT2D eigenvalue weighted by molar-refractivity contribution is 6.78. The highest BCUT2D eigenvalue weighted by Gasteiger charge is 2.48. The molecule has 0 aliphatic rings. The summed E-state index contributed by atoms with van der Waals surface area (Å²) >= 11 is 0. The Labute approximate surface area is 229 Å². The van der Waals surface area contributed by atoms with Crippen molar-refractivity contribution < 1.29 is 22.4 Å². The van der Waals surface area contributed by atoms with Crippen LogP contribution in [0.2, 0.25) is 39.3 Å². The summed E-state index contributed by atoms with van der Waals surface area (Å²) in [6.45, 7) is 35.7. The average Bonchev–Trinajstić information content (AvgIpc) is 2.75. The van der Waals surface area contributed by atoms with Gasteiger partial charge in [0.05, 0.1) is 19.3 Å². The smallest absolute Gasteiger partial charge is 0.321 e. The first-order valence-electron chi connectivity index (χ1n) is 14.9. The van der Waals surface area contributed by atoms with Crippen molar-refractivity contribution in [2.24, 2.45) is 0 Å². The Morgan fingerprint density at radius 3 is 1.36 bits per heavy atom. The van der Waals surface area contributed by atoms with Crippen molar-refractivity contribution in [1.82, 2.24) is 0 Å². The van der Waals surface area contributed by atoms with Gasteiger partial charge in [0.25, 0.3) is 0 Å². The maximum atomic E-state index is 7.23. The van der Waals surface area contributed by atoms with E-state index in [4.69, 9.17) is 22.4 Å². The highest BCUT2D eigenvalue weighted by atomic mass is 28.4. The second kappa shape index (κ2) is 17.9. The lowest BCUT2D eigenvalue weighted by Gasteiger charge is -2.46. The summed E-state index contributed by atoms with van der Waals surface area (Å²) in [4.78, 5) is 0. The second-order valence-corrected chi connectivity index (χ2v) is 25.2. The molecular weight excluding hydrogens is 501 g/mol. The minimum Gasteiger partial charge on any atom is -0.413 e. The Balaban J connectivity index is 5.64. The third-order valence-electron chi connectivity index (χ3n) is 8.04. The Bertz CT molecular complexity index is 506. The normalized spacial score (nSPS) is 14.6. The van der Waals surface area contributed by atoms with Crippen molar-refractivity contribution in [3.05, 3.63) is 0 Å². The van der Waals surface area contributed by atoms with Crippen LogP contribution in [0.25, 0.3) is 0 Å². The monoisotopic (exact) mass is 564 g/mol. The molecule has 0 saturated heterocycles. The fourth-order valence-electron chi connectivity index (χ4n) is 6.70. The maximum Gasteiger partial charge on any atom is 0.321 e. The van der Waals surface area contributed by atoms with Gasteiger partial charge in [0, 0.05) is 19.8 Å². The van der Waals surface area contributed by atoms with Crippen LogP contribution >= 0.6 is 0 Å². The van der Waals surface area contributed by atoms with Gasteiger partial charge in [-0.15, -0.1) is 0 Å². The van der Waals surface area contributed by atoms with Crippen LogP contribution in [-0.4, -0.2) is 65.1 Å². The molecule has 0 aliphatic carbocycles. The minimum absolute atomic E-state index is 0.0289. The lowest BCUT2D eigenvalue weighted by Crippen LogP contribution is -2.54. The zero-order chi connectivity index (χ0) is 28.1. The van der Waals surface area contributed by atoms with Gasteiger partial charge in [0.15, 0.2) is 8.32 Å². The SMILES string of the molecule is CCO[SiH](CCCOCC(CO[Si](C(C)C)(C(C)C)C(C)C)O[Si](C(C)C)(C(C)C)C(C)C)OCC. The molecule has 0 aromatic heterocycles. The number of ether oxygens (including phenoxy) is 1. The van der Waals surface area contributed by atoms with Crippen molar-refractivity contribution in [3.63, 3.8) is 0 Å². The summed E-state index contributed by atoms with van der Waals surface area (Å²) in [6, 6.07) is 0.983.